The van der Waals surface area contributed by atoms with Gasteiger partial charge in [0, 0.05) is 9.78 Å². The Hall–Kier alpha value is -0.0400. The van der Waals surface area contributed by atoms with Crippen LogP contribution in [-0.2, 0) is 4.79 Å². The number of rotatable bonds is 2. The Labute approximate surface area is 118 Å². The van der Waals surface area contributed by atoms with E-state index in [2.05, 4.69) is 31.9 Å². The van der Waals surface area contributed by atoms with Crippen LogP contribution >= 0.6 is 55.0 Å². The number of thioether (sulfide) groups is 1. The zero-order valence-electron chi connectivity index (χ0n) is 8.12. The van der Waals surface area contributed by atoms with Gasteiger partial charge in [0.15, 0.2) is 5.06 Å². The second kappa shape index (κ2) is 5.08. The van der Waals surface area contributed by atoms with Crippen molar-refractivity contribution in [2.24, 2.45) is 0 Å². The monoisotopic (exact) mass is 380 g/mol. The summed E-state index contributed by atoms with van der Waals surface area (Å²) in [6.45, 7) is 0. The maximum Gasteiger partial charge on any atom is 0.216 e. The molecular formula is C10H6Br2O2S2. The standard InChI is InChI=1S/C10H6Br2O2S2/c1-14-10-9(12)8(11)6(16-10)4-5-2-3-7(13)15-5/h2-4H,1H3/b5-4-. The lowest BCUT2D eigenvalue weighted by Crippen LogP contribution is -1.76. The van der Waals surface area contributed by atoms with Gasteiger partial charge in [-0.05, 0) is 61.8 Å². The SMILES string of the molecule is COc1sc(/C=C2/C=CC(=O)S2)c(Br)c1Br. The number of methoxy groups -OCH3 is 1. The minimum atomic E-state index is 0.0740. The highest BCUT2D eigenvalue weighted by atomic mass is 79.9. The number of allylic oxidation sites excluding steroid dienone is 1. The number of carbonyl (C=O) groups is 1. The number of thiophene rings is 1. The fraction of sp³-hybridized carbons (Fsp3) is 0.100. The first kappa shape index (κ1) is 12.4. The molecule has 0 saturated carbocycles. The van der Waals surface area contributed by atoms with Gasteiger partial charge in [0.05, 0.1) is 16.1 Å². The lowest BCUT2D eigenvalue weighted by atomic mass is 10.4. The average molecular weight is 382 g/mol. The molecule has 0 radical (unpaired) electrons. The first-order valence-corrected chi connectivity index (χ1v) is 7.47. The smallest absolute Gasteiger partial charge is 0.216 e. The molecule has 0 N–H and O–H groups in total. The molecule has 0 bridgehead atoms. The molecule has 0 atom stereocenters. The molecule has 0 aliphatic carbocycles. The quantitative estimate of drug-likeness (QED) is 0.756. The molecule has 16 heavy (non-hydrogen) atoms. The van der Waals surface area contributed by atoms with Gasteiger partial charge in [-0.2, -0.15) is 0 Å². The van der Waals surface area contributed by atoms with Crippen molar-refractivity contribution in [1.29, 1.82) is 0 Å². The predicted octanol–water partition coefficient (Wildman–Crippen LogP) is 4.45. The van der Waals surface area contributed by atoms with Crippen LogP contribution in [0.4, 0.5) is 0 Å². The van der Waals surface area contributed by atoms with E-state index < -0.39 is 0 Å². The predicted molar refractivity (Wildman–Crippen MR) is 76.0 cm³/mol. The Morgan fingerprint density at radius 2 is 2.06 bits per heavy atom. The fourth-order valence-corrected chi connectivity index (χ4v) is 4.18. The molecule has 0 amide bonds. The number of hydrogen-bond acceptors (Lipinski definition) is 4. The maximum atomic E-state index is 11.0. The van der Waals surface area contributed by atoms with Gasteiger partial charge < -0.3 is 4.74 Å². The van der Waals surface area contributed by atoms with Crippen LogP contribution in [0.5, 0.6) is 5.06 Å². The third-order valence-electron chi connectivity index (χ3n) is 1.85. The van der Waals surface area contributed by atoms with E-state index in [1.54, 1.807) is 13.2 Å². The Morgan fingerprint density at radius 1 is 1.31 bits per heavy atom. The average Bonchev–Trinajstić information content (AvgIpc) is 2.78. The molecule has 1 aliphatic heterocycles. The van der Waals surface area contributed by atoms with Gasteiger partial charge in [-0.3, -0.25) is 4.79 Å². The van der Waals surface area contributed by atoms with Crippen molar-refractivity contribution < 1.29 is 9.53 Å². The second-order valence-electron chi connectivity index (χ2n) is 2.89. The number of carbonyl (C=O) groups excluding carboxylic acids is 1. The molecule has 2 heterocycles. The number of halogens is 2. The van der Waals surface area contributed by atoms with Crippen LogP contribution in [0.15, 0.2) is 26.0 Å². The minimum absolute atomic E-state index is 0.0740. The zero-order valence-corrected chi connectivity index (χ0v) is 12.9. The summed E-state index contributed by atoms with van der Waals surface area (Å²) in [5.41, 5.74) is 0. The van der Waals surface area contributed by atoms with Crippen LogP contribution in [0, 0.1) is 0 Å². The number of ether oxygens (including phenoxy) is 1. The third kappa shape index (κ3) is 2.45. The van der Waals surface area contributed by atoms with Gasteiger partial charge in [0.25, 0.3) is 0 Å². The van der Waals surface area contributed by atoms with Crippen LogP contribution < -0.4 is 4.74 Å². The van der Waals surface area contributed by atoms with Gasteiger partial charge in [-0.25, -0.2) is 0 Å². The molecule has 0 spiro atoms. The lowest BCUT2D eigenvalue weighted by Gasteiger charge is -1.92. The Kier molecular flexibility index (Phi) is 3.94. The Bertz CT molecular complexity index is 503. The summed E-state index contributed by atoms with van der Waals surface area (Å²) < 4.78 is 7.07. The van der Waals surface area contributed by atoms with Crippen LogP contribution in [0.3, 0.4) is 0 Å². The molecular weight excluding hydrogens is 376 g/mol. The fourth-order valence-electron chi connectivity index (χ4n) is 1.15. The molecule has 2 rings (SSSR count). The number of hydrogen-bond donors (Lipinski definition) is 0. The summed E-state index contributed by atoms with van der Waals surface area (Å²) in [5, 5.41) is 0.891. The van der Waals surface area contributed by atoms with Crippen LogP contribution in [0.25, 0.3) is 6.08 Å². The maximum absolute atomic E-state index is 11.0. The van der Waals surface area contributed by atoms with E-state index in [1.165, 1.54) is 23.1 Å². The van der Waals surface area contributed by atoms with Crippen LogP contribution in [0.2, 0.25) is 0 Å². The summed E-state index contributed by atoms with van der Waals surface area (Å²) in [7, 11) is 1.63. The Morgan fingerprint density at radius 3 is 2.56 bits per heavy atom. The minimum Gasteiger partial charge on any atom is -0.486 e. The van der Waals surface area contributed by atoms with Crippen molar-refractivity contribution in [3.8, 4) is 5.06 Å². The molecule has 0 unspecified atom stereocenters. The van der Waals surface area contributed by atoms with E-state index >= 15 is 0 Å². The van der Waals surface area contributed by atoms with Crippen LogP contribution in [0.1, 0.15) is 4.88 Å². The van der Waals surface area contributed by atoms with E-state index in [9.17, 15) is 4.79 Å². The van der Waals surface area contributed by atoms with E-state index in [-0.39, 0.29) is 5.12 Å². The van der Waals surface area contributed by atoms with Gasteiger partial charge >= 0.3 is 0 Å². The summed E-state index contributed by atoms with van der Waals surface area (Å²) in [4.78, 5) is 13.0. The summed E-state index contributed by atoms with van der Waals surface area (Å²) in [6.07, 6.45) is 5.36. The van der Waals surface area contributed by atoms with Gasteiger partial charge in [-0.1, -0.05) is 11.3 Å². The topological polar surface area (TPSA) is 26.3 Å². The van der Waals surface area contributed by atoms with Crippen molar-refractivity contribution in [3.63, 3.8) is 0 Å². The molecule has 0 aromatic carbocycles. The molecule has 6 heteroatoms. The van der Waals surface area contributed by atoms with Crippen molar-refractivity contribution in [2.45, 2.75) is 0 Å². The zero-order chi connectivity index (χ0) is 11.7. The molecule has 84 valence electrons. The highest BCUT2D eigenvalue weighted by Crippen LogP contribution is 2.44. The van der Waals surface area contributed by atoms with Gasteiger partial charge in [0.2, 0.25) is 5.12 Å². The molecule has 1 aromatic heterocycles. The van der Waals surface area contributed by atoms with Crippen molar-refractivity contribution in [2.75, 3.05) is 7.11 Å². The second-order valence-corrected chi connectivity index (χ2v) is 6.57. The van der Waals surface area contributed by atoms with E-state index in [0.717, 1.165) is 23.8 Å². The molecule has 2 nitrogen and oxygen atoms in total. The van der Waals surface area contributed by atoms with E-state index in [4.69, 9.17) is 4.74 Å². The van der Waals surface area contributed by atoms with Crippen LogP contribution in [-0.4, -0.2) is 12.2 Å². The summed E-state index contributed by atoms with van der Waals surface area (Å²) >= 11 is 9.68. The largest absolute Gasteiger partial charge is 0.486 e. The Balaban J connectivity index is 2.35. The normalized spacial score (nSPS) is 17.4. The third-order valence-corrected chi connectivity index (χ3v) is 6.41. The van der Waals surface area contributed by atoms with Crippen molar-refractivity contribution in [3.05, 3.63) is 30.9 Å². The summed E-state index contributed by atoms with van der Waals surface area (Å²) in [5.74, 6) is 0. The molecule has 1 aliphatic rings. The molecule has 0 fully saturated rings. The molecule has 0 saturated heterocycles. The summed E-state index contributed by atoms with van der Waals surface area (Å²) in [6, 6.07) is 0. The highest BCUT2D eigenvalue weighted by Gasteiger charge is 2.15. The van der Waals surface area contributed by atoms with Crippen molar-refractivity contribution in [1.82, 2.24) is 0 Å². The van der Waals surface area contributed by atoms with Crippen molar-refractivity contribution >= 4 is 66.1 Å². The van der Waals surface area contributed by atoms with Gasteiger partial charge in [-0.15, -0.1) is 0 Å². The van der Waals surface area contributed by atoms with E-state index in [0.29, 0.717) is 0 Å². The first-order chi connectivity index (χ1) is 7.61. The highest BCUT2D eigenvalue weighted by molar-refractivity contribution is 9.13. The lowest BCUT2D eigenvalue weighted by molar-refractivity contribution is -0.106. The van der Waals surface area contributed by atoms with Gasteiger partial charge in [0.1, 0.15) is 0 Å². The first-order valence-electron chi connectivity index (χ1n) is 4.25. The van der Waals surface area contributed by atoms with E-state index in [1.807, 2.05) is 12.2 Å². The molecule has 1 aromatic rings.